The van der Waals surface area contributed by atoms with Crippen molar-refractivity contribution in [1.29, 1.82) is 0 Å². The number of nitrogens with zero attached hydrogens (tertiary/aromatic N) is 1. The first-order valence-corrected chi connectivity index (χ1v) is 7.37. The molecule has 0 saturated heterocycles. The molecule has 3 nitrogen and oxygen atoms in total. The van der Waals surface area contributed by atoms with Crippen LogP contribution in [0.25, 0.3) is 0 Å². The summed E-state index contributed by atoms with van der Waals surface area (Å²) in [7, 11) is 0. The van der Waals surface area contributed by atoms with Gasteiger partial charge in [0.2, 0.25) is 0 Å². The summed E-state index contributed by atoms with van der Waals surface area (Å²) in [6.45, 7) is 1.08. The Bertz CT molecular complexity index is 465. The number of pyridine rings is 1. The average molecular weight is 352 g/mol. The molecule has 7 heteroatoms. The normalized spacial score (nSPS) is 23.1. The molecular formula is C13H17BrF3N3. The summed E-state index contributed by atoms with van der Waals surface area (Å²) in [5.74, 6) is 0.613. The number of hydrogen-bond acceptors (Lipinski definition) is 3. The van der Waals surface area contributed by atoms with Gasteiger partial charge in [0.05, 0.1) is 5.56 Å². The van der Waals surface area contributed by atoms with Crippen molar-refractivity contribution in [2.75, 3.05) is 18.4 Å². The van der Waals surface area contributed by atoms with Gasteiger partial charge in [0.15, 0.2) is 0 Å². The van der Waals surface area contributed by atoms with Gasteiger partial charge in [-0.3, -0.25) is 0 Å². The summed E-state index contributed by atoms with van der Waals surface area (Å²) in [6.07, 6.45) is 0.109. The predicted octanol–water partition coefficient (Wildman–Crippen LogP) is 3.65. The summed E-state index contributed by atoms with van der Waals surface area (Å²) in [5, 5.41) is 2.85. The van der Waals surface area contributed by atoms with Crippen molar-refractivity contribution >= 4 is 21.7 Å². The zero-order chi connectivity index (χ0) is 14.8. The quantitative estimate of drug-likeness (QED) is 0.870. The second-order valence-electron chi connectivity index (χ2n) is 5.12. The summed E-state index contributed by atoms with van der Waals surface area (Å²) < 4.78 is 39.2. The van der Waals surface area contributed by atoms with Crippen molar-refractivity contribution in [3.63, 3.8) is 0 Å². The number of nitrogens with two attached hydrogens (primary N) is 1. The lowest BCUT2D eigenvalue weighted by molar-refractivity contribution is -0.137. The number of hydrogen-bond donors (Lipinski definition) is 2. The highest BCUT2D eigenvalue weighted by Gasteiger charge is 2.35. The maximum Gasteiger partial charge on any atom is 0.419 e. The Hall–Kier alpha value is -0.820. The van der Waals surface area contributed by atoms with Gasteiger partial charge in [-0.1, -0.05) is 6.42 Å². The van der Waals surface area contributed by atoms with E-state index in [1.54, 1.807) is 0 Å². The van der Waals surface area contributed by atoms with Gasteiger partial charge in [-0.15, -0.1) is 0 Å². The third-order valence-electron chi connectivity index (χ3n) is 3.81. The zero-order valence-electron chi connectivity index (χ0n) is 10.9. The molecule has 20 heavy (non-hydrogen) atoms. The highest BCUT2D eigenvalue weighted by atomic mass is 79.9. The summed E-state index contributed by atoms with van der Waals surface area (Å²) >= 11 is 3.02. The molecule has 1 heterocycles. The number of alkyl halides is 3. The molecule has 2 atom stereocenters. The van der Waals surface area contributed by atoms with Crippen molar-refractivity contribution in [1.82, 2.24) is 4.98 Å². The molecule has 1 saturated carbocycles. The van der Waals surface area contributed by atoms with E-state index in [0.717, 1.165) is 25.3 Å². The molecule has 0 bridgehead atoms. The first-order valence-electron chi connectivity index (χ1n) is 6.58. The van der Waals surface area contributed by atoms with Crippen LogP contribution in [0.3, 0.4) is 0 Å². The van der Waals surface area contributed by atoms with Crippen LogP contribution in [0.1, 0.15) is 24.8 Å². The molecule has 3 N–H and O–H groups in total. The predicted molar refractivity (Wildman–Crippen MR) is 75.3 cm³/mol. The average Bonchev–Trinajstić information content (AvgIpc) is 2.83. The number of anilines is 1. The number of rotatable bonds is 4. The highest BCUT2D eigenvalue weighted by molar-refractivity contribution is 9.10. The second kappa shape index (κ2) is 6.30. The second-order valence-corrected chi connectivity index (χ2v) is 6.03. The molecule has 2 rings (SSSR count). The monoisotopic (exact) mass is 351 g/mol. The highest BCUT2D eigenvalue weighted by Crippen LogP contribution is 2.36. The largest absolute Gasteiger partial charge is 0.419 e. The fourth-order valence-electron chi connectivity index (χ4n) is 2.72. The molecule has 0 spiro atoms. The molecule has 1 aliphatic rings. The topological polar surface area (TPSA) is 50.9 Å². The van der Waals surface area contributed by atoms with Crippen LogP contribution >= 0.6 is 15.9 Å². The van der Waals surface area contributed by atoms with Crippen LogP contribution in [0.4, 0.5) is 19.0 Å². The van der Waals surface area contributed by atoms with E-state index in [1.807, 2.05) is 0 Å². The van der Waals surface area contributed by atoms with E-state index in [0.29, 0.717) is 29.4 Å². The maximum absolute atomic E-state index is 13.0. The molecule has 1 fully saturated rings. The zero-order valence-corrected chi connectivity index (χ0v) is 12.5. The Morgan fingerprint density at radius 2 is 2.05 bits per heavy atom. The van der Waals surface area contributed by atoms with Gasteiger partial charge in [0.25, 0.3) is 0 Å². The van der Waals surface area contributed by atoms with Crippen molar-refractivity contribution < 1.29 is 13.2 Å². The van der Waals surface area contributed by atoms with E-state index < -0.39 is 11.7 Å². The van der Waals surface area contributed by atoms with Crippen LogP contribution in [-0.4, -0.2) is 18.1 Å². The van der Waals surface area contributed by atoms with Crippen molar-refractivity contribution in [2.24, 2.45) is 17.6 Å². The smallest absolute Gasteiger partial charge is 0.369 e. The van der Waals surface area contributed by atoms with Crippen LogP contribution < -0.4 is 11.1 Å². The van der Waals surface area contributed by atoms with Gasteiger partial charge in [0.1, 0.15) is 5.82 Å². The molecule has 2 unspecified atom stereocenters. The Kier molecular flexibility index (Phi) is 4.90. The van der Waals surface area contributed by atoms with E-state index in [-0.39, 0.29) is 5.82 Å². The minimum absolute atomic E-state index is 0.108. The number of aromatic nitrogens is 1. The Balaban J connectivity index is 2.09. The molecular weight excluding hydrogens is 335 g/mol. The van der Waals surface area contributed by atoms with Gasteiger partial charge >= 0.3 is 6.18 Å². The van der Waals surface area contributed by atoms with Crippen molar-refractivity contribution in [3.05, 3.63) is 22.3 Å². The lowest BCUT2D eigenvalue weighted by Gasteiger charge is -2.20. The van der Waals surface area contributed by atoms with Gasteiger partial charge in [-0.2, -0.15) is 13.2 Å². The lowest BCUT2D eigenvalue weighted by Crippen LogP contribution is -2.25. The molecule has 1 aromatic heterocycles. The van der Waals surface area contributed by atoms with Gasteiger partial charge in [-0.05, 0) is 53.2 Å². The Labute approximate surface area is 124 Å². The molecule has 1 aliphatic carbocycles. The van der Waals surface area contributed by atoms with Crippen LogP contribution in [0.2, 0.25) is 0 Å². The van der Waals surface area contributed by atoms with E-state index in [2.05, 4.69) is 26.2 Å². The third-order valence-corrected chi connectivity index (χ3v) is 4.24. The van der Waals surface area contributed by atoms with E-state index >= 15 is 0 Å². The maximum atomic E-state index is 13.0. The van der Waals surface area contributed by atoms with E-state index in [4.69, 9.17) is 5.73 Å². The first-order chi connectivity index (χ1) is 9.41. The fourth-order valence-corrected chi connectivity index (χ4v) is 3.05. The Morgan fingerprint density at radius 3 is 2.70 bits per heavy atom. The summed E-state index contributed by atoms with van der Waals surface area (Å²) in [4.78, 5) is 3.85. The number of halogens is 4. The third kappa shape index (κ3) is 3.63. The Morgan fingerprint density at radius 1 is 1.35 bits per heavy atom. The molecule has 1 aromatic rings. The fraction of sp³-hybridized carbons (Fsp3) is 0.615. The van der Waals surface area contributed by atoms with Gasteiger partial charge < -0.3 is 11.1 Å². The minimum Gasteiger partial charge on any atom is -0.369 e. The molecule has 0 aromatic carbocycles. The molecule has 0 amide bonds. The molecule has 0 radical (unpaired) electrons. The molecule has 112 valence electrons. The minimum atomic E-state index is -4.41. The van der Waals surface area contributed by atoms with Crippen LogP contribution in [0.5, 0.6) is 0 Å². The summed E-state index contributed by atoms with van der Waals surface area (Å²) in [6, 6.07) is 1.05. The number of nitrogens with one attached hydrogen (secondary N) is 1. The van der Waals surface area contributed by atoms with Gasteiger partial charge in [0, 0.05) is 17.2 Å². The first kappa shape index (κ1) is 15.6. The summed E-state index contributed by atoms with van der Waals surface area (Å²) in [5.41, 5.74) is 4.94. The van der Waals surface area contributed by atoms with Gasteiger partial charge in [-0.25, -0.2) is 4.98 Å². The van der Waals surface area contributed by atoms with Crippen LogP contribution in [-0.2, 0) is 6.18 Å². The SMILES string of the molecule is NCC1CCCC1CNc1ncc(Br)cc1C(F)(F)F. The lowest BCUT2D eigenvalue weighted by atomic mass is 9.96. The van der Waals surface area contributed by atoms with Crippen LogP contribution in [0.15, 0.2) is 16.7 Å². The van der Waals surface area contributed by atoms with Crippen LogP contribution in [0, 0.1) is 11.8 Å². The van der Waals surface area contributed by atoms with E-state index in [9.17, 15) is 13.2 Å². The van der Waals surface area contributed by atoms with Crippen molar-refractivity contribution in [2.45, 2.75) is 25.4 Å². The molecule has 0 aliphatic heterocycles. The standard InChI is InChI=1S/C13H17BrF3N3/c14-10-4-11(13(15,16)17)12(20-7-10)19-6-9-3-1-2-8(9)5-18/h4,7-9H,1-3,5-6,18H2,(H,19,20). The van der Waals surface area contributed by atoms with E-state index in [1.165, 1.54) is 6.20 Å². The van der Waals surface area contributed by atoms with Crippen molar-refractivity contribution in [3.8, 4) is 0 Å².